The lowest BCUT2D eigenvalue weighted by Crippen LogP contribution is -2.63. The van der Waals surface area contributed by atoms with Gasteiger partial charge < -0.3 is 24.6 Å². The molecule has 0 aromatic heterocycles. The monoisotopic (exact) mass is 459 g/mol. The van der Waals surface area contributed by atoms with Gasteiger partial charge in [0, 0.05) is 0 Å². The predicted molar refractivity (Wildman–Crippen MR) is 127 cm³/mol. The topological polar surface area (TPSA) is 77.0 Å². The van der Waals surface area contributed by atoms with Crippen LogP contribution in [0.5, 0.6) is 0 Å². The zero-order valence-electron chi connectivity index (χ0n) is 19.3. The van der Waals surface area contributed by atoms with Crippen molar-refractivity contribution in [3.8, 4) is 0 Å². The first kappa shape index (κ1) is 22.7. The Morgan fingerprint density at radius 3 is 1.79 bits per heavy atom. The third kappa shape index (κ3) is 4.03. The Labute approximate surface area is 199 Å². The number of carbonyl (C=O) groups is 1. The highest BCUT2D eigenvalue weighted by atomic mass is 16.8. The number of ether oxygens (including phenoxy) is 3. The zero-order valence-corrected chi connectivity index (χ0v) is 19.3. The van der Waals surface area contributed by atoms with Gasteiger partial charge in [-0.25, -0.2) is 0 Å². The molecule has 1 amide bonds. The van der Waals surface area contributed by atoms with E-state index in [1.54, 1.807) is 13.8 Å². The van der Waals surface area contributed by atoms with Crippen LogP contribution in [0.15, 0.2) is 91.0 Å². The van der Waals surface area contributed by atoms with Crippen LogP contribution in [-0.4, -0.2) is 47.8 Å². The summed E-state index contributed by atoms with van der Waals surface area (Å²) in [4.78, 5) is 12.8. The normalized spacial score (nSPS) is 26.0. The summed E-state index contributed by atoms with van der Waals surface area (Å²) in [6.07, 6.45) is -2.58. The number of aliphatic hydroxyl groups excluding tert-OH is 1. The quantitative estimate of drug-likeness (QED) is 0.553. The molecule has 0 spiro atoms. The van der Waals surface area contributed by atoms with E-state index in [9.17, 15) is 9.90 Å². The number of hydrogen-bond donors (Lipinski definition) is 2. The maximum atomic E-state index is 12.8. The van der Waals surface area contributed by atoms with E-state index < -0.39 is 35.7 Å². The van der Waals surface area contributed by atoms with Crippen LogP contribution in [0, 0.1) is 0 Å². The van der Waals surface area contributed by atoms with Crippen molar-refractivity contribution in [2.24, 2.45) is 0 Å². The maximum Gasteiger partial charge on any atom is 0.252 e. The molecule has 4 atom stereocenters. The second-order valence-electron chi connectivity index (χ2n) is 9.22. The van der Waals surface area contributed by atoms with Gasteiger partial charge in [-0.2, -0.15) is 0 Å². The van der Waals surface area contributed by atoms with E-state index in [4.69, 9.17) is 14.2 Å². The Morgan fingerprint density at radius 1 is 0.853 bits per heavy atom. The molecule has 0 aliphatic carbocycles. The molecule has 2 saturated heterocycles. The van der Waals surface area contributed by atoms with E-state index in [0.29, 0.717) is 0 Å². The fourth-order valence-electron chi connectivity index (χ4n) is 4.94. The molecule has 2 fully saturated rings. The van der Waals surface area contributed by atoms with E-state index in [1.165, 1.54) is 0 Å². The molecule has 0 saturated carbocycles. The summed E-state index contributed by atoms with van der Waals surface area (Å²) in [7, 11) is 0. The lowest BCUT2D eigenvalue weighted by Gasteiger charge is -2.40. The fraction of sp³-hybridized carbons (Fsp3) is 0.321. The minimum absolute atomic E-state index is 0.0681. The van der Waals surface area contributed by atoms with Crippen LogP contribution >= 0.6 is 0 Å². The van der Waals surface area contributed by atoms with Gasteiger partial charge in [0.15, 0.2) is 11.9 Å². The van der Waals surface area contributed by atoms with Gasteiger partial charge in [0.2, 0.25) is 0 Å². The molecule has 0 unspecified atom stereocenters. The fourth-order valence-corrected chi connectivity index (χ4v) is 4.94. The van der Waals surface area contributed by atoms with Gasteiger partial charge >= 0.3 is 0 Å². The van der Waals surface area contributed by atoms with Crippen molar-refractivity contribution in [1.29, 1.82) is 0 Å². The minimum Gasteiger partial charge on any atom is -0.388 e. The molecule has 176 valence electrons. The van der Waals surface area contributed by atoms with Gasteiger partial charge in [0.25, 0.3) is 5.91 Å². The summed E-state index contributed by atoms with van der Waals surface area (Å²) in [5.41, 5.74) is 1.90. The van der Waals surface area contributed by atoms with Crippen molar-refractivity contribution < 1.29 is 24.1 Å². The zero-order chi connectivity index (χ0) is 23.8. The van der Waals surface area contributed by atoms with Crippen LogP contribution in [0.2, 0.25) is 0 Å². The van der Waals surface area contributed by atoms with E-state index in [0.717, 1.165) is 16.7 Å². The van der Waals surface area contributed by atoms with Crippen LogP contribution in [0.25, 0.3) is 0 Å². The van der Waals surface area contributed by atoms with Crippen LogP contribution < -0.4 is 5.32 Å². The van der Waals surface area contributed by atoms with Gasteiger partial charge in [-0.15, -0.1) is 0 Å². The largest absolute Gasteiger partial charge is 0.388 e. The van der Waals surface area contributed by atoms with Crippen molar-refractivity contribution in [2.75, 3.05) is 6.61 Å². The van der Waals surface area contributed by atoms with E-state index in [-0.39, 0.29) is 12.5 Å². The molecule has 0 radical (unpaired) electrons. The third-order valence-electron chi connectivity index (χ3n) is 6.48. The van der Waals surface area contributed by atoms with Crippen molar-refractivity contribution >= 4 is 5.91 Å². The number of piperidine rings is 1. The molecule has 3 aromatic carbocycles. The molecule has 3 aromatic rings. The van der Waals surface area contributed by atoms with Crippen molar-refractivity contribution in [3.05, 3.63) is 108 Å². The standard InChI is InChI=1S/C28H29NO5/c1-27(2)33-24-23(30)22(29-26(31)25(24)34-27)18-32-28(19-12-6-3-7-13-19,20-14-8-4-9-15-20)21-16-10-5-11-17-21/h3-17,22-25,30H,18H2,1-2H3,(H,29,31)/t22-,23+,24-,25-/m1/s1. The van der Waals surface area contributed by atoms with Crippen molar-refractivity contribution in [3.63, 3.8) is 0 Å². The molecule has 34 heavy (non-hydrogen) atoms. The van der Waals surface area contributed by atoms with Crippen molar-refractivity contribution in [1.82, 2.24) is 5.32 Å². The SMILES string of the molecule is CC1(C)O[C@@H]2[C@@H](O)[C@@H](COC(c3ccccc3)(c3ccccc3)c3ccccc3)NC(=O)[C@@H]2O1. The van der Waals surface area contributed by atoms with Crippen LogP contribution in [0.1, 0.15) is 30.5 Å². The molecule has 2 aliphatic rings. The first-order valence-corrected chi connectivity index (χ1v) is 11.6. The van der Waals surface area contributed by atoms with E-state index >= 15 is 0 Å². The number of carbonyl (C=O) groups excluding carboxylic acids is 1. The molecule has 6 nitrogen and oxygen atoms in total. The highest BCUT2D eigenvalue weighted by Crippen LogP contribution is 2.41. The smallest absolute Gasteiger partial charge is 0.252 e. The van der Waals surface area contributed by atoms with Gasteiger partial charge in [0.1, 0.15) is 17.8 Å². The summed E-state index contributed by atoms with van der Waals surface area (Å²) in [5, 5.41) is 14.0. The Morgan fingerprint density at radius 2 is 1.32 bits per heavy atom. The Balaban J connectivity index is 1.53. The van der Waals surface area contributed by atoms with Crippen molar-refractivity contribution in [2.45, 2.75) is 49.6 Å². The molecule has 0 bridgehead atoms. The third-order valence-corrected chi connectivity index (χ3v) is 6.48. The van der Waals surface area contributed by atoms with E-state index in [1.807, 2.05) is 91.0 Å². The molecule has 2 heterocycles. The minimum atomic E-state index is -0.982. The van der Waals surface area contributed by atoms with Crippen LogP contribution in [0.4, 0.5) is 0 Å². The number of rotatable bonds is 6. The number of hydrogen-bond acceptors (Lipinski definition) is 5. The molecule has 6 heteroatoms. The summed E-state index contributed by atoms with van der Waals surface area (Å²) in [5.74, 6) is -1.25. The summed E-state index contributed by atoms with van der Waals surface area (Å²) in [6, 6.07) is 29.3. The highest BCUT2D eigenvalue weighted by molar-refractivity contribution is 5.83. The second kappa shape index (κ2) is 8.96. The Bertz CT molecular complexity index is 1020. The second-order valence-corrected chi connectivity index (χ2v) is 9.22. The molecule has 2 N–H and O–H groups in total. The average molecular weight is 460 g/mol. The maximum absolute atomic E-state index is 12.8. The van der Waals surface area contributed by atoms with Crippen LogP contribution in [0.3, 0.4) is 0 Å². The molecular weight excluding hydrogens is 430 g/mol. The molecule has 2 aliphatic heterocycles. The molecule has 5 rings (SSSR count). The highest BCUT2D eigenvalue weighted by Gasteiger charge is 2.54. The lowest BCUT2D eigenvalue weighted by atomic mass is 9.80. The summed E-state index contributed by atoms with van der Waals surface area (Å²) >= 11 is 0. The van der Waals surface area contributed by atoms with Crippen LogP contribution in [-0.2, 0) is 24.6 Å². The average Bonchev–Trinajstić information content (AvgIpc) is 3.21. The summed E-state index contributed by atoms with van der Waals surface area (Å²) in [6.45, 7) is 3.54. The lowest BCUT2D eigenvalue weighted by molar-refractivity contribution is -0.157. The number of fused-ring (bicyclic) bond motifs is 1. The number of nitrogens with one attached hydrogen (secondary N) is 1. The Hall–Kier alpha value is -3.03. The van der Waals surface area contributed by atoms with Gasteiger partial charge in [0.05, 0.1) is 12.6 Å². The van der Waals surface area contributed by atoms with Gasteiger partial charge in [-0.1, -0.05) is 91.0 Å². The predicted octanol–water partition coefficient (Wildman–Crippen LogP) is 3.37. The van der Waals surface area contributed by atoms with Gasteiger partial charge in [-0.3, -0.25) is 4.79 Å². The number of benzene rings is 3. The Kier molecular flexibility index (Phi) is 6.00. The molecular formula is C28H29NO5. The first-order valence-electron chi connectivity index (χ1n) is 11.6. The van der Waals surface area contributed by atoms with E-state index in [2.05, 4.69) is 5.32 Å². The first-order chi connectivity index (χ1) is 16.4. The number of amides is 1. The van der Waals surface area contributed by atoms with Gasteiger partial charge in [-0.05, 0) is 30.5 Å². The summed E-state index contributed by atoms with van der Waals surface area (Å²) < 4.78 is 18.3. The number of aliphatic hydroxyl groups is 1.